The molecule has 0 saturated heterocycles. The van der Waals surface area contributed by atoms with Crippen molar-refractivity contribution in [3.63, 3.8) is 0 Å². The molecule has 1 aromatic carbocycles. The summed E-state index contributed by atoms with van der Waals surface area (Å²) < 4.78 is 3.94. The Labute approximate surface area is 132 Å². The van der Waals surface area contributed by atoms with Gasteiger partial charge >= 0.3 is 132 Å². The van der Waals surface area contributed by atoms with Crippen LogP contribution in [0.25, 0.3) is 11.3 Å². The van der Waals surface area contributed by atoms with Gasteiger partial charge in [0.05, 0.1) is 0 Å². The Morgan fingerprint density at radius 3 is 2.19 bits per heavy atom. The fraction of sp³-hybridized carbons (Fsp3) is 0.421. The Kier molecular flexibility index (Phi) is 4.62. The van der Waals surface area contributed by atoms with E-state index in [1.807, 2.05) is 0 Å². The zero-order valence-corrected chi connectivity index (χ0v) is 16.6. The summed E-state index contributed by atoms with van der Waals surface area (Å²) in [6.07, 6.45) is 2.36. The number of nitrogens with zero attached hydrogens (tertiary/aromatic N) is 1. The molecule has 0 saturated carbocycles. The van der Waals surface area contributed by atoms with Crippen molar-refractivity contribution in [2.45, 2.75) is 44.0 Å². The minimum absolute atomic E-state index is 0.585. The van der Waals surface area contributed by atoms with E-state index in [4.69, 9.17) is 0 Å². The van der Waals surface area contributed by atoms with Crippen LogP contribution in [0.4, 0.5) is 0 Å². The van der Waals surface area contributed by atoms with Crippen molar-refractivity contribution < 1.29 is 4.57 Å². The standard InChI is InChI=1S/C19H28GeN/c1-14(2)17-13-21(7)19(12-18(17)20(4,5)6)16-11-9-8-10-15(16)3/h8-14H,1-7H3/q+1. The number of hydrogen-bond acceptors (Lipinski definition) is 0. The molecule has 0 amide bonds. The zero-order valence-electron chi connectivity index (χ0n) is 14.5. The van der Waals surface area contributed by atoms with Gasteiger partial charge in [0.25, 0.3) is 0 Å². The molecule has 2 aromatic rings. The molecule has 0 N–H and O–H groups in total. The maximum absolute atomic E-state index is 2.49. The van der Waals surface area contributed by atoms with Gasteiger partial charge in [0.15, 0.2) is 0 Å². The van der Waals surface area contributed by atoms with Crippen molar-refractivity contribution in [2.75, 3.05) is 0 Å². The van der Waals surface area contributed by atoms with Crippen LogP contribution >= 0.6 is 0 Å². The first-order chi connectivity index (χ1) is 9.71. The van der Waals surface area contributed by atoms with Gasteiger partial charge in [-0.25, -0.2) is 0 Å². The number of pyridine rings is 1. The summed E-state index contributed by atoms with van der Waals surface area (Å²) in [7, 11) is 2.17. The first kappa shape index (κ1) is 16.3. The minimum atomic E-state index is -1.89. The van der Waals surface area contributed by atoms with E-state index in [1.54, 1.807) is 4.40 Å². The first-order valence-electron chi connectivity index (χ1n) is 7.82. The second kappa shape index (κ2) is 5.96. The van der Waals surface area contributed by atoms with Crippen LogP contribution in [0.5, 0.6) is 0 Å². The molecule has 0 bridgehead atoms. The van der Waals surface area contributed by atoms with Crippen LogP contribution < -0.4 is 8.96 Å². The molecule has 0 unspecified atom stereocenters. The number of benzene rings is 1. The Hall–Kier alpha value is -1.09. The Morgan fingerprint density at radius 2 is 1.67 bits per heavy atom. The Bertz CT molecular complexity index is 651. The van der Waals surface area contributed by atoms with Gasteiger partial charge in [-0.2, -0.15) is 0 Å². The molecule has 2 rings (SSSR count). The van der Waals surface area contributed by atoms with Gasteiger partial charge in [-0.05, 0) is 0 Å². The van der Waals surface area contributed by atoms with Crippen molar-refractivity contribution in [3.8, 4) is 11.3 Å². The molecule has 0 radical (unpaired) electrons. The monoisotopic (exact) mass is 344 g/mol. The Morgan fingerprint density at radius 1 is 1.05 bits per heavy atom. The van der Waals surface area contributed by atoms with Crippen molar-refractivity contribution in [3.05, 3.63) is 47.7 Å². The third-order valence-electron chi connectivity index (χ3n) is 4.16. The molecule has 0 aliphatic heterocycles. The van der Waals surface area contributed by atoms with Gasteiger partial charge in [0.2, 0.25) is 0 Å². The van der Waals surface area contributed by atoms with Crippen LogP contribution in [0, 0.1) is 6.92 Å². The van der Waals surface area contributed by atoms with E-state index in [0.29, 0.717) is 5.92 Å². The molecule has 0 spiro atoms. The number of aromatic nitrogens is 1. The van der Waals surface area contributed by atoms with E-state index in [2.05, 4.69) is 86.2 Å². The number of aryl methyl sites for hydroxylation is 2. The fourth-order valence-electron chi connectivity index (χ4n) is 2.91. The van der Waals surface area contributed by atoms with Gasteiger partial charge in [-0.3, -0.25) is 0 Å². The zero-order chi connectivity index (χ0) is 15.8. The molecule has 0 fully saturated rings. The quantitative estimate of drug-likeness (QED) is 0.582. The summed E-state index contributed by atoms with van der Waals surface area (Å²) in [6.45, 7) is 6.81. The molecule has 112 valence electrons. The van der Waals surface area contributed by atoms with E-state index in [9.17, 15) is 0 Å². The van der Waals surface area contributed by atoms with Crippen LogP contribution in [0.3, 0.4) is 0 Å². The van der Waals surface area contributed by atoms with E-state index in [-0.39, 0.29) is 0 Å². The number of hydrogen-bond donors (Lipinski definition) is 0. The van der Waals surface area contributed by atoms with Crippen molar-refractivity contribution in [2.24, 2.45) is 7.05 Å². The predicted molar refractivity (Wildman–Crippen MR) is 94.9 cm³/mol. The van der Waals surface area contributed by atoms with Gasteiger partial charge in [-0.15, -0.1) is 0 Å². The van der Waals surface area contributed by atoms with Crippen molar-refractivity contribution in [1.29, 1.82) is 0 Å². The Balaban J connectivity index is 2.73. The van der Waals surface area contributed by atoms with E-state index < -0.39 is 13.3 Å². The van der Waals surface area contributed by atoms with Crippen LogP contribution in [-0.4, -0.2) is 13.3 Å². The molecule has 0 aliphatic rings. The molecule has 0 aliphatic carbocycles. The first-order valence-corrected chi connectivity index (χ1v) is 15.2. The summed E-state index contributed by atoms with van der Waals surface area (Å²) in [5.41, 5.74) is 5.57. The SMILES string of the molecule is Cc1ccccc1-c1c[c]([Ge]([CH3])([CH3])[CH3])c(C(C)C)c[n+]1C. The molecular formula is C19H28GeN+. The topological polar surface area (TPSA) is 3.88 Å². The molecular weight excluding hydrogens is 315 g/mol. The average Bonchev–Trinajstić information content (AvgIpc) is 2.38. The van der Waals surface area contributed by atoms with Crippen LogP contribution in [-0.2, 0) is 7.05 Å². The molecule has 1 nitrogen and oxygen atoms in total. The summed E-state index contributed by atoms with van der Waals surface area (Å²) in [4.78, 5) is 0. The van der Waals surface area contributed by atoms with Crippen molar-refractivity contribution in [1.82, 2.24) is 0 Å². The second-order valence-corrected chi connectivity index (χ2v) is 17.9. The van der Waals surface area contributed by atoms with E-state index in [0.717, 1.165) is 0 Å². The van der Waals surface area contributed by atoms with Crippen LogP contribution in [0.1, 0.15) is 30.9 Å². The summed E-state index contributed by atoms with van der Waals surface area (Å²) in [5.74, 6) is 8.05. The van der Waals surface area contributed by atoms with E-state index >= 15 is 0 Å². The van der Waals surface area contributed by atoms with Crippen LogP contribution in [0.2, 0.25) is 17.3 Å². The summed E-state index contributed by atoms with van der Waals surface area (Å²) >= 11 is -1.89. The third kappa shape index (κ3) is 3.40. The second-order valence-electron chi connectivity index (χ2n) is 7.36. The molecule has 1 aromatic heterocycles. The molecule has 21 heavy (non-hydrogen) atoms. The molecule has 1 heterocycles. The van der Waals surface area contributed by atoms with Gasteiger partial charge in [-0.1, -0.05) is 0 Å². The van der Waals surface area contributed by atoms with Gasteiger partial charge in [0.1, 0.15) is 0 Å². The van der Waals surface area contributed by atoms with Crippen molar-refractivity contribution >= 4 is 17.7 Å². The molecule has 2 heteroatoms. The third-order valence-corrected chi connectivity index (χ3v) is 8.45. The van der Waals surface area contributed by atoms with Gasteiger partial charge in [0, 0.05) is 0 Å². The average molecular weight is 343 g/mol. The maximum atomic E-state index is 2.49. The fourth-order valence-corrected chi connectivity index (χ4v) is 6.66. The van der Waals surface area contributed by atoms with Gasteiger partial charge < -0.3 is 0 Å². The van der Waals surface area contributed by atoms with Crippen LogP contribution in [0.15, 0.2) is 36.5 Å². The number of rotatable bonds is 3. The van der Waals surface area contributed by atoms with E-state index in [1.165, 1.54) is 22.4 Å². The summed E-state index contributed by atoms with van der Waals surface area (Å²) in [5, 5.41) is 0. The normalized spacial score (nSPS) is 12.0. The molecule has 0 atom stereocenters. The summed E-state index contributed by atoms with van der Waals surface area (Å²) in [6, 6.07) is 11.2. The predicted octanol–water partition coefficient (Wildman–Crippen LogP) is 4.16.